The molecule has 0 bridgehead atoms. The highest BCUT2D eigenvalue weighted by atomic mass is 32.1. The predicted molar refractivity (Wildman–Crippen MR) is 79.8 cm³/mol. The molecule has 0 radical (unpaired) electrons. The van der Waals surface area contributed by atoms with Crippen LogP contribution in [0, 0.1) is 0 Å². The molecule has 0 spiro atoms. The molecule has 8 heteroatoms. The Morgan fingerprint density at radius 3 is 2.82 bits per heavy atom. The maximum atomic E-state index is 12.3. The van der Waals surface area contributed by atoms with E-state index in [1.807, 2.05) is 17.5 Å². The third-order valence-electron chi connectivity index (χ3n) is 3.71. The second-order valence-electron chi connectivity index (χ2n) is 5.10. The minimum Gasteiger partial charge on any atom is -0.480 e. The average Bonchev–Trinajstić information content (AvgIpc) is 3.19. The van der Waals surface area contributed by atoms with Crippen LogP contribution in [0.3, 0.4) is 0 Å². The summed E-state index contributed by atoms with van der Waals surface area (Å²) in [5.41, 5.74) is -0.371. The zero-order chi connectivity index (χ0) is 15.6. The van der Waals surface area contributed by atoms with E-state index < -0.39 is 17.4 Å². The number of nitrogens with one attached hydrogen (secondary N) is 2. The van der Waals surface area contributed by atoms with Gasteiger partial charge in [0.25, 0.3) is 5.91 Å². The van der Waals surface area contributed by atoms with Crippen molar-refractivity contribution in [3.8, 4) is 10.6 Å². The number of hydrogen-bond donors (Lipinski definition) is 3. The van der Waals surface area contributed by atoms with Gasteiger partial charge in [0.2, 0.25) is 0 Å². The first kappa shape index (κ1) is 14.7. The van der Waals surface area contributed by atoms with Crippen molar-refractivity contribution < 1.29 is 19.4 Å². The van der Waals surface area contributed by atoms with Crippen LogP contribution in [0.2, 0.25) is 0 Å². The molecule has 1 aliphatic heterocycles. The van der Waals surface area contributed by atoms with Crippen molar-refractivity contribution in [2.24, 2.45) is 0 Å². The van der Waals surface area contributed by atoms with Crippen LogP contribution in [-0.4, -0.2) is 45.9 Å². The van der Waals surface area contributed by atoms with Crippen molar-refractivity contribution in [2.45, 2.75) is 18.4 Å². The smallest absolute Gasteiger partial charge is 0.329 e. The quantitative estimate of drug-likeness (QED) is 0.791. The van der Waals surface area contributed by atoms with Gasteiger partial charge in [-0.25, -0.2) is 4.79 Å². The molecule has 2 aromatic heterocycles. The van der Waals surface area contributed by atoms with Gasteiger partial charge in [0.05, 0.1) is 10.6 Å². The second kappa shape index (κ2) is 5.90. The molecule has 3 heterocycles. The summed E-state index contributed by atoms with van der Waals surface area (Å²) < 4.78 is 5.18. The number of aliphatic carboxylic acids is 1. The third-order valence-corrected chi connectivity index (χ3v) is 4.61. The summed E-state index contributed by atoms with van der Waals surface area (Å²) in [5.74, 6) is -1.54. The summed E-state index contributed by atoms with van der Waals surface area (Å²) in [6, 6.07) is 5.44. The van der Waals surface area contributed by atoms with Gasteiger partial charge in [-0.2, -0.15) is 5.10 Å². The largest absolute Gasteiger partial charge is 0.480 e. The van der Waals surface area contributed by atoms with Crippen molar-refractivity contribution in [2.75, 3.05) is 13.2 Å². The Morgan fingerprint density at radius 2 is 2.18 bits per heavy atom. The molecule has 1 saturated heterocycles. The van der Waals surface area contributed by atoms with E-state index in [0.717, 1.165) is 10.6 Å². The molecule has 0 aliphatic carbocycles. The highest BCUT2D eigenvalue weighted by Gasteiger charge is 2.42. The average molecular weight is 321 g/mol. The Morgan fingerprint density at radius 1 is 1.41 bits per heavy atom. The summed E-state index contributed by atoms with van der Waals surface area (Å²) >= 11 is 1.53. The molecule has 2 aromatic rings. The monoisotopic (exact) mass is 321 g/mol. The Bertz CT molecular complexity index is 674. The number of carbonyl (C=O) groups is 2. The molecular formula is C14H15N3O4S. The van der Waals surface area contributed by atoms with Crippen molar-refractivity contribution in [1.82, 2.24) is 15.5 Å². The normalized spacial score (nSPS) is 17.1. The molecule has 3 N–H and O–H groups in total. The van der Waals surface area contributed by atoms with Crippen LogP contribution in [0.25, 0.3) is 10.6 Å². The summed E-state index contributed by atoms with van der Waals surface area (Å²) in [4.78, 5) is 24.8. The number of H-pyrrole nitrogens is 1. The van der Waals surface area contributed by atoms with Gasteiger partial charge in [-0.15, -0.1) is 11.3 Å². The predicted octanol–water partition coefficient (Wildman–Crippen LogP) is 1.50. The van der Waals surface area contributed by atoms with Gasteiger partial charge in [0.15, 0.2) is 5.69 Å². The first-order valence-corrected chi connectivity index (χ1v) is 7.72. The molecule has 0 atom stereocenters. The zero-order valence-electron chi connectivity index (χ0n) is 11.7. The van der Waals surface area contributed by atoms with Gasteiger partial charge < -0.3 is 15.2 Å². The zero-order valence-corrected chi connectivity index (χ0v) is 12.5. The maximum Gasteiger partial charge on any atom is 0.329 e. The van der Waals surface area contributed by atoms with E-state index in [4.69, 9.17) is 4.74 Å². The fourth-order valence-corrected chi connectivity index (χ4v) is 3.08. The van der Waals surface area contributed by atoms with E-state index in [1.54, 1.807) is 6.07 Å². The minimum atomic E-state index is -1.28. The molecule has 116 valence electrons. The lowest BCUT2D eigenvalue weighted by Crippen LogP contribution is -2.57. The molecule has 1 fully saturated rings. The van der Waals surface area contributed by atoms with Crippen LogP contribution in [-0.2, 0) is 9.53 Å². The third kappa shape index (κ3) is 2.75. The summed E-state index contributed by atoms with van der Waals surface area (Å²) in [6.07, 6.45) is 0.493. The molecule has 1 amide bonds. The van der Waals surface area contributed by atoms with Crippen LogP contribution >= 0.6 is 11.3 Å². The summed E-state index contributed by atoms with van der Waals surface area (Å²) in [6.45, 7) is 0.626. The van der Waals surface area contributed by atoms with E-state index in [-0.39, 0.29) is 18.5 Å². The van der Waals surface area contributed by atoms with Crippen LogP contribution in [0.1, 0.15) is 23.3 Å². The number of carboxylic acids is 1. The van der Waals surface area contributed by atoms with Gasteiger partial charge in [0.1, 0.15) is 5.54 Å². The minimum absolute atomic E-state index is 0.176. The highest BCUT2D eigenvalue weighted by molar-refractivity contribution is 7.13. The molecule has 0 unspecified atom stereocenters. The van der Waals surface area contributed by atoms with Gasteiger partial charge in [-0.1, -0.05) is 6.07 Å². The standard InChI is InChI=1S/C14H15N3O4S/c18-12(15-14(13(19)20)3-5-21-6-4-14)10-8-9(16-17-10)11-2-1-7-22-11/h1-2,7-8H,3-6H2,(H,15,18)(H,16,17)(H,19,20). The van der Waals surface area contributed by atoms with E-state index in [1.165, 1.54) is 11.3 Å². The van der Waals surface area contributed by atoms with Gasteiger partial charge >= 0.3 is 5.97 Å². The van der Waals surface area contributed by atoms with E-state index >= 15 is 0 Å². The fourth-order valence-electron chi connectivity index (χ4n) is 2.39. The van der Waals surface area contributed by atoms with Crippen LogP contribution in [0.5, 0.6) is 0 Å². The number of aromatic nitrogens is 2. The molecule has 0 aromatic carbocycles. The van der Waals surface area contributed by atoms with Gasteiger partial charge in [0, 0.05) is 26.1 Å². The summed E-state index contributed by atoms with van der Waals surface area (Å²) in [5, 5.41) is 20.7. The van der Waals surface area contributed by atoms with Crippen LogP contribution < -0.4 is 5.32 Å². The lowest BCUT2D eigenvalue weighted by Gasteiger charge is -2.33. The number of thiophene rings is 1. The Labute approximate surface area is 130 Å². The van der Waals surface area contributed by atoms with Crippen molar-refractivity contribution in [3.05, 3.63) is 29.3 Å². The van der Waals surface area contributed by atoms with E-state index in [2.05, 4.69) is 15.5 Å². The van der Waals surface area contributed by atoms with Gasteiger partial charge in [-0.05, 0) is 17.5 Å². The van der Waals surface area contributed by atoms with Crippen molar-refractivity contribution in [1.29, 1.82) is 0 Å². The van der Waals surface area contributed by atoms with Gasteiger partial charge in [-0.3, -0.25) is 9.89 Å². The fraction of sp³-hybridized carbons (Fsp3) is 0.357. The first-order chi connectivity index (χ1) is 10.6. The molecule has 22 heavy (non-hydrogen) atoms. The van der Waals surface area contributed by atoms with Crippen LogP contribution in [0.4, 0.5) is 0 Å². The topological polar surface area (TPSA) is 104 Å². The Balaban J connectivity index is 1.77. The van der Waals surface area contributed by atoms with Crippen LogP contribution in [0.15, 0.2) is 23.6 Å². The van der Waals surface area contributed by atoms with E-state index in [0.29, 0.717) is 13.2 Å². The molecule has 0 saturated carbocycles. The Hall–Kier alpha value is -2.19. The number of rotatable bonds is 4. The van der Waals surface area contributed by atoms with E-state index in [9.17, 15) is 14.7 Å². The second-order valence-corrected chi connectivity index (χ2v) is 6.05. The number of carboxylic acid groups (broad SMARTS) is 1. The Kier molecular flexibility index (Phi) is 3.95. The highest BCUT2D eigenvalue weighted by Crippen LogP contribution is 2.24. The number of carbonyl (C=O) groups excluding carboxylic acids is 1. The first-order valence-electron chi connectivity index (χ1n) is 6.84. The molecule has 1 aliphatic rings. The molecule has 7 nitrogen and oxygen atoms in total. The lowest BCUT2D eigenvalue weighted by molar-refractivity contribution is -0.148. The SMILES string of the molecule is O=C(NC1(C(=O)O)CCOCC1)c1cc(-c2cccs2)[nH]n1. The number of nitrogens with zero attached hydrogens (tertiary/aromatic N) is 1. The molecular weight excluding hydrogens is 306 g/mol. The molecule has 3 rings (SSSR count). The number of amides is 1. The summed E-state index contributed by atoms with van der Waals surface area (Å²) in [7, 11) is 0. The number of aromatic amines is 1. The number of ether oxygens (including phenoxy) is 1. The maximum absolute atomic E-state index is 12.3. The lowest BCUT2D eigenvalue weighted by atomic mass is 9.90. The van der Waals surface area contributed by atoms with Crippen molar-refractivity contribution >= 4 is 23.2 Å². The number of hydrogen-bond acceptors (Lipinski definition) is 5. The van der Waals surface area contributed by atoms with Crippen molar-refractivity contribution in [3.63, 3.8) is 0 Å².